The predicted molar refractivity (Wildman–Crippen MR) is 80.3 cm³/mol. The molecule has 1 aromatic rings. The first kappa shape index (κ1) is 15.7. The summed E-state index contributed by atoms with van der Waals surface area (Å²) in [5.41, 5.74) is 5.62. The van der Waals surface area contributed by atoms with Crippen molar-refractivity contribution in [3.05, 3.63) is 34.9 Å². The number of halogens is 1. The summed E-state index contributed by atoms with van der Waals surface area (Å²) in [6, 6.07) is 6.69. The van der Waals surface area contributed by atoms with Crippen molar-refractivity contribution in [2.24, 2.45) is 0 Å². The van der Waals surface area contributed by atoms with Gasteiger partial charge in [-0.2, -0.15) is 0 Å². The predicted octanol–water partition coefficient (Wildman–Crippen LogP) is -0.407. The van der Waals surface area contributed by atoms with E-state index >= 15 is 0 Å². The van der Waals surface area contributed by atoms with Gasteiger partial charge in [0.2, 0.25) is 0 Å². The highest BCUT2D eigenvalue weighted by Gasteiger charge is 2.05. The third-order valence-electron chi connectivity index (χ3n) is 2.29. The standard InChI is InChI=1S/C12H17ClN4OS/c1-17(2)7-6-14-12(19)16-15-11(18)9-4-3-5-10(13)8-9/h3-5,8H,6-7H2,1-2H3,(H,15,18)(H2,14,16,19)/p+1. The van der Waals surface area contributed by atoms with E-state index in [1.165, 1.54) is 4.90 Å². The van der Waals surface area contributed by atoms with Crippen LogP contribution < -0.4 is 21.1 Å². The van der Waals surface area contributed by atoms with Gasteiger partial charge in [0.05, 0.1) is 27.2 Å². The zero-order valence-electron chi connectivity index (χ0n) is 10.9. The largest absolute Gasteiger partial charge is 0.356 e. The summed E-state index contributed by atoms with van der Waals surface area (Å²) < 4.78 is 0. The van der Waals surface area contributed by atoms with Gasteiger partial charge in [0.1, 0.15) is 0 Å². The Morgan fingerprint density at radius 3 is 2.74 bits per heavy atom. The third kappa shape index (κ3) is 6.37. The summed E-state index contributed by atoms with van der Waals surface area (Å²) in [6.45, 7) is 1.67. The van der Waals surface area contributed by atoms with E-state index in [1.807, 2.05) is 0 Å². The van der Waals surface area contributed by atoms with Gasteiger partial charge >= 0.3 is 0 Å². The molecular formula is C12H18ClN4OS+. The Morgan fingerprint density at radius 1 is 1.37 bits per heavy atom. The molecule has 104 valence electrons. The van der Waals surface area contributed by atoms with E-state index in [1.54, 1.807) is 24.3 Å². The maximum Gasteiger partial charge on any atom is 0.269 e. The molecule has 0 saturated heterocycles. The molecule has 19 heavy (non-hydrogen) atoms. The van der Waals surface area contributed by atoms with Crippen LogP contribution in [0.1, 0.15) is 10.4 Å². The number of carbonyl (C=O) groups excluding carboxylic acids is 1. The average Bonchev–Trinajstić information content (AvgIpc) is 2.35. The fourth-order valence-electron chi connectivity index (χ4n) is 1.29. The van der Waals surface area contributed by atoms with E-state index in [2.05, 4.69) is 30.3 Å². The summed E-state index contributed by atoms with van der Waals surface area (Å²) in [7, 11) is 4.11. The number of carbonyl (C=O) groups is 1. The second-order valence-electron chi connectivity index (χ2n) is 4.30. The molecule has 0 saturated carbocycles. The van der Waals surface area contributed by atoms with Crippen molar-refractivity contribution in [2.45, 2.75) is 0 Å². The number of likely N-dealkylation sites (N-methyl/N-ethyl adjacent to an activating group) is 1. The smallest absolute Gasteiger partial charge is 0.269 e. The Kier molecular flexibility index (Phi) is 6.55. The van der Waals surface area contributed by atoms with Crippen LogP contribution in [0.15, 0.2) is 24.3 Å². The van der Waals surface area contributed by atoms with Crippen LogP contribution in [0.3, 0.4) is 0 Å². The highest BCUT2D eigenvalue weighted by atomic mass is 35.5. The molecule has 0 aliphatic rings. The van der Waals surface area contributed by atoms with Crippen LogP contribution in [-0.2, 0) is 0 Å². The molecular weight excluding hydrogens is 284 g/mol. The quantitative estimate of drug-likeness (QED) is 0.451. The fraction of sp³-hybridized carbons (Fsp3) is 0.333. The molecule has 1 aromatic carbocycles. The lowest BCUT2D eigenvalue weighted by Gasteiger charge is -2.12. The Balaban J connectivity index is 2.32. The Morgan fingerprint density at radius 2 is 2.11 bits per heavy atom. The summed E-state index contributed by atoms with van der Waals surface area (Å²) in [6.07, 6.45) is 0. The molecule has 0 aliphatic carbocycles. The normalized spacial score (nSPS) is 10.1. The van der Waals surface area contributed by atoms with Crippen molar-refractivity contribution in [1.29, 1.82) is 0 Å². The van der Waals surface area contributed by atoms with E-state index in [9.17, 15) is 4.79 Å². The number of rotatable bonds is 4. The second kappa shape index (κ2) is 7.93. The van der Waals surface area contributed by atoms with E-state index < -0.39 is 0 Å². The molecule has 0 heterocycles. The van der Waals surface area contributed by atoms with Crippen molar-refractivity contribution in [2.75, 3.05) is 27.2 Å². The van der Waals surface area contributed by atoms with E-state index in [0.29, 0.717) is 15.7 Å². The van der Waals surface area contributed by atoms with Crippen molar-refractivity contribution in [3.8, 4) is 0 Å². The van der Waals surface area contributed by atoms with Gasteiger partial charge < -0.3 is 10.2 Å². The van der Waals surface area contributed by atoms with Crippen LogP contribution in [-0.4, -0.2) is 38.2 Å². The Bertz CT molecular complexity index is 453. The first-order valence-electron chi connectivity index (χ1n) is 5.88. The van der Waals surface area contributed by atoms with Gasteiger partial charge in [0.25, 0.3) is 5.91 Å². The second-order valence-corrected chi connectivity index (χ2v) is 5.15. The minimum atomic E-state index is -0.287. The first-order chi connectivity index (χ1) is 8.99. The molecule has 0 spiro atoms. The SMILES string of the molecule is C[NH+](C)CCNC(=S)NNC(=O)c1cccc(Cl)c1. The first-order valence-corrected chi connectivity index (χ1v) is 6.66. The Hall–Kier alpha value is -1.37. The van der Waals surface area contributed by atoms with Gasteiger partial charge in [-0.05, 0) is 30.4 Å². The minimum absolute atomic E-state index is 0.287. The van der Waals surface area contributed by atoms with Crippen molar-refractivity contribution in [3.63, 3.8) is 0 Å². The van der Waals surface area contributed by atoms with Crippen LogP contribution in [0.4, 0.5) is 0 Å². The lowest BCUT2D eigenvalue weighted by Crippen LogP contribution is -3.06. The molecule has 0 atom stereocenters. The maximum absolute atomic E-state index is 11.8. The van der Waals surface area contributed by atoms with E-state index in [0.717, 1.165) is 13.1 Å². The van der Waals surface area contributed by atoms with Crippen LogP contribution >= 0.6 is 23.8 Å². The number of thiocarbonyl (C=S) groups is 1. The molecule has 0 bridgehead atoms. The van der Waals surface area contributed by atoms with E-state index in [4.69, 9.17) is 23.8 Å². The number of nitrogens with one attached hydrogen (secondary N) is 4. The summed E-state index contributed by atoms with van der Waals surface area (Å²) >= 11 is 10.8. The third-order valence-corrected chi connectivity index (χ3v) is 2.77. The molecule has 0 aromatic heterocycles. The summed E-state index contributed by atoms with van der Waals surface area (Å²) in [4.78, 5) is 13.1. The number of hydrogen-bond acceptors (Lipinski definition) is 2. The Labute approximate surface area is 123 Å². The number of quaternary nitrogens is 1. The highest BCUT2D eigenvalue weighted by Crippen LogP contribution is 2.09. The molecule has 5 nitrogen and oxygen atoms in total. The van der Waals surface area contributed by atoms with Crippen LogP contribution in [0.25, 0.3) is 0 Å². The van der Waals surface area contributed by atoms with Crippen molar-refractivity contribution >= 4 is 34.8 Å². The van der Waals surface area contributed by atoms with Crippen LogP contribution in [0.2, 0.25) is 5.02 Å². The van der Waals surface area contributed by atoms with Gasteiger partial charge in [0, 0.05) is 10.6 Å². The summed E-state index contributed by atoms with van der Waals surface area (Å²) in [5, 5.41) is 3.89. The molecule has 1 rings (SSSR count). The number of amides is 1. The molecule has 1 amide bonds. The lowest BCUT2D eigenvalue weighted by atomic mass is 10.2. The van der Waals surface area contributed by atoms with Crippen LogP contribution in [0, 0.1) is 0 Å². The fourth-order valence-corrected chi connectivity index (χ4v) is 1.63. The van der Waals surface area contributed by atoms with Crippen molar-refractivity contribution in [1.82, 2.24) is 16.2 Å². The average molecular weight is 302 g/mol. The van der Waals surface area contributed by atoms with Gasteiger partial charge in [0.15, 0.2) is 5.11 Å². The van der Waals surface area contributed by atoms with Crippen LogP contribution in [0.5, 0.6) is 0 Å². The minimum Gasteiger partial charge on any atom is -0.356 e. The maximum atomic E-state index is 11.8. The molecule has 0 aliphatic heterocycles. The van der Waals surface area contributed by atoms with Gasteiger partial charge in [-0.1, -0.05) is 17.7 Å². The van der Waals surface area contributed by atoms with Crippen molar-refractivity contribution < 1.29 is 9.69 Å². The topological polar surface area (TPSA) is 57.6 Å². The van der Waals surface area contributed by atoms with Gasteiger partial charge in [-0.25, -0.2) is 0 Å². The highest BCUT2D eigenvalue weighted by molar-refractivity contribution is 7.80. The molecule has 0 fully saturated rings. The summed E-state index contributed by atoms with van der Waals surface area (Å²) in [5.74, 6) is -0.287. The van der Waals surface area contributed by atoms with E-state index in [-0.39, 0.29) is 5.91 Å². The lowest BCUT2D eigenvalue weighted by molar-refractivity contribution is -0.856. The zero-order chi connectivity index (χ0) is 14.3. The molecule has 0 unspecified atom stereocenters. The number of hydrogen-bond donors (Lipinski definition) is 4. The number of hydrazine groups is 1. The van der Waals surface area contributed by atoms with Gasteiger partial charge in [-0.3, -0.25) is 15.6 Å². The monoisotopic (exact) mass is 301 g/mol. The zero-order valence-corrected chi connectivity index (χ0v) is 12.5. The number of benzene rings is 1. The molecule has 7 heteroatoms. The molecule has 4 N–H and O–H groups in total. The molecule has 0 radical (unpaired) electrons. The van der Waals surface area contributed by atoms with Gasteiger partial charge in [-0.15, -0.1) is 0 Å².